The molecule has 0 aliphatic rings. The van der Waals surface area contributed by atoms with Crippen molar-refractivity contribution in [2.75, 3.05) is 7.11 Å². The summed E-state index contributed by atoms with van der Waals surface area (Å²) >= 11 is 0. The lowest BCUT2D eigenvalue weighted by Gasteiger charge is -2.12. The van der Waals surface area contributed by atoms with Crippen molar-refractivity contribution in [2.24, 2.45) is 7.05 Å². The third-order valence-corrected chi connectivity index (χ3v) is 3.37. The van der Waals surface area contributed by atoms with Crippen LogP contribution in [0.15, 0.2) is 18.3 Å². The maximum atomic E-state index is 12.7. The maximum absolute atomic E-state index is 12.7. The van der Waals surface area contributed by atoms with Gasteiger partial charge in [0, 0.05) is 12.7 Å². The molecule has 1 aromatic carbocycles. The first-order valence-electron chi connectivity index (χ1n) is 6.14. The largest absolute Gasteiger partial charge is 0.496 e. The lowest BCUT2D eigenvalue weighted by atomic mass is 9.97. The first-order valence-corrected chi connectivity index (χ1v) is 6.14. The molecule has 0 fully saturated rings. The van der Waals surface area contributed by atoms with E-state index in [9.17, 15) is 4.79 Å². The van der Waals surface area contributed by atoms with Crippen LogP contribution < -0.4 is 4.74 Å². The number of rotatable bonds is 3. The van der Waals surface area contributed by atoms with E-state index in [1.807, 2.05) is 40.0 Å². The summed E-state index contributed by atoms with van der Waals surface area (Å²) in [7, 11) is 3.41. The van der Waals surface area contributed by atoms with Gasteiger partial charge in [0.15, 0.2) is 5.78 Å². The highest BCUT2D eigenvalue weighted by molar-refractivity contribution is 6.12. The van der Waals surface area contributed by atoms with Crippen molar-refractivity contribution >= 4 is 5.78 Å². The van der Waals surface area contributed by atoms with Gasteiger partial charge in [0.2, 0.25) is 0 Å². The molecule has 0 N–H and O–H groups in total. The summed E-state index contributed by atoms with van der Waals surface area (Å²) in [5, 5.41) is 4.12. The molecule has 0 spiro atoms. The molecule has 19 heavy (non-hydrogen) atoms. The second-order valence-corrected chi connectivity index (χ2v) is 4.76. The number of ketones is 1. The van der Waals surface area contributed by atoms with E-state index in [-0.39, 0.29) is 5.78 Å². The van der Waals surface area contributed by atoms with Gasteiger partial charge in [-0.1, -0.05) is 6.07 Å². The highest BCUT2D eigenvalue weighted by atomic mass is 16.5. The van der Waals surface area contributed by atoms with E-state index >= 15 is 0 Å². The van der Waals surface area contributed by atoms with E-state index < -0.39 is 0 Å². The van der Waals surface area contributed by atoms with E-state index in [2.05, 4.69) is 5.10 Å². The lowest BCUT2D eigenvalue weighted by molar-refractivity contribution is 0.103. The third kappa shape index (κ3) is 2.26. The van der Waals surface area contributed by atoms with E-state index in [1.54, 1.807) is 18.0 Å². The van der Waals surface area contributed by atoms with Crippen molar-refractivity contribution in [1.29, 1.82) is 0 Å². The molecule has 0 saturated carbocycles. The molecule has 4 heteroatoms. The molecule has 4 nitrogen and oxygen atoms in total. The molecular formula is C15H18N2O2. The Balaban J connectivity index is 2.59. The van der Waals surface area contributed by atoms with E-state index in [1.165, 1.54) is 0 Å². The predicted octanol–water partition coefficient (Wildman–Crippen LogP) is 2.58. The van der Waals surface area contributed by atoms with Crippen LogP contribution >= 0.6 is 0 Å². The molecule has 100 valence electrons. The van der Waals surface area contributed by atoms with Crippen molar-refractivity contribution in [3.63, 3.8) is 0 Å². The van der Waals surface area contributed by atoms with Gasteiger partial charge in [0.1, 0.15) is 5.75 Å². The summed E-state index contributed by atoms with van der Waals surface area (Å²) in [5.74, 6) is 0.575. The standard InChI is InChI=1S/C15H18N2O2/c1-9-6-10(2)14(13(7-9)19-5)15(18)12-8-16-17(4)11(12)3/h6-8H,1-5H3. The van der Waals surface area contributed by atoms with Crippen LogP contribution in [0.1, 0.15) is 32.7 Å². The molecule has 0 amide bonds. The van der Waals surface area contributed by atoms with Gasteiger partial charge < -0.3 is 4.74 Å². The number of hydrogen-bond donors (Lipinski definition) is 0. The van der Waals surface area contributed by atoms with Gasteiger partial charge >= 0.3 is 0 Å². The number of methoxy groups -OCH3 is 1. The fourth-order valence-electron chi connectivity index (χ4n) is 2.24. The zero-order valence-electron chi connectivity index (χ0n) is 11.9. The van der Waals surface area contributed by atoms with E-state index in [0.29, 0.717) is 16.9 Å². The highest BCUT2D eigenvalue weighted by Gasteiger charge is 2.21. The molecular weight excluding hydrogens is 240 g/mol. The van der Waals surface area contributed by atoms with Crippen molar-refractivity contribution in [2.45, 2.75) is 20.8 Å². The Morgan fingerprint density at radius 2 is 1.95 bits per heavy atom. The quantitative estimate of drug-likeness (QED) is 0.795. The van der Waals surface area contributed by atoms with Crippen molar-refractivity contribution in [1.82, 2.24) is 9.78 Å². The van der Waals surface area contributed by atoms with Gasteiger partial charge in [-0.3, -0.25) is 9.48 Å². The van der Waals surface area contributed by atoms with Gasteiger partial charge in [-0.2, -0.15) is 5.10 Å². The molecule has 0 aliphatic carbocycles. The van der Waals surface area contributed by atoms with Crippen molar-refractivity contribution in [3.8, 4) is 5.75 Å². The second kappa shape index (κ2) is 4.88. The first kappa shape index (κ1) is 13.3. The summed E-state index contributed by atoms with van der Waals surface area (Å²) < 4.78 is 7.05. The molecule has 0 saturated heterocycles. The number of carbonyl (C=O) groups is 1. The summed E-state index contributed by atoms with van der Waals surface area (Å²) in [6, 6.07) is 3.87. The van der Waals surface area contributed by atoms with Gasteiger partial charge in [-0.15, -0.1) is 0 Å². The molecule has 0 aliphatic heterocycles. The van der Waals surface area contributed by atoms with Crippen LogP contribution in [0, 0.1) is 20.8 Å². The summed E-state index contributed by atoms with van der Waals surface area (Å²) in [6.45, 7) is 5.80. The highest BCUT2D eigenvalue weighted by Crippen LogP contribution is 2.27. The Bertz CT molecular complexity index is 642. The normalized spacial score (nSPS) is 10.6. The minimum atomic E-state index is -0.0417. The van der Waals surface area contributed by atoms with Crippen LogP contribution in [0.3, 0.4) is 0 Å². The average molecular weight is 258 g/mol. The summed E-state index contributed by atoms with van der Waals surface area (Å²) in [5.41, 5.74) is 4.09. The summed E-state index contributed by atoms with van der Waals surface area (Å²) in [4.78, 5) is 12.7. The molecule has 2 rings (SSSR count). The SMILES string of the molecule is COc1cc(C)cc(C)c1C(=O)c1cnn(C)c1C. The Labute approximate surface area is 113 Å². The second-order valence-electron chi connectivity index (χ2n) is 4.76. The molecule has 1 aromatic heterocycles. The van der Waals surface area contributed by atoms with Crippen molar-refractivity contribution in [3.05, 3.63) is 46.3 Å². The third-order valence-electron chi connectivity index (χ3n) is 3.37. The monoisotopic (exact) mass is 258 g/mol. The molecule has 2 aromatic rings. The number of aryl methyl sites for hydroxylation is 3. The maximum Gasteiger partial charge on any atom is 0.200 e. The van der Waals surface area contributed by atoms with Crippen LogP contribution in [-0.4, -0.2) is 22.7 Å². The molecule has 0 unspecified atom stereocenters. The molecule has 0 atom stereocenters. The molecule has 1 heterocycles. The van der Waals surface area contributed by atoms with E-state index in [4.69, 9.17) is 4.74 Å². The summed E-state index contributed by atoms with van der Waals surface area (Å²) in [6.07, 6.45) is 1.61. The molecule has 0 bridgehead atoms. The van der Waals surface area contributed by atoms with Gasteiger partial charge in [-0.25, -0.2) is 0 Å². The van der Waals surface area contributed by atoms with Crippen LogP contribution in [-0.2, 0) is 7.05 Å². The number of benzene rings is 1. The van der Waals surface area contributed by atoms with Crippen molar-refractivity contribution < 1.29 is 9.53 Å². The lowest BCUT2D eigenvalue weighted by Crippen LogP contribution is -2.08. The Kier molecular flexibility index (Phi) is 3.42. The Morgan fingerprint density at radius 1 is 1.26 bits per heavy atom. The zero-order valence-corrected chi connectivity index (χ0v) is 11.9. The fourth-order valence-corrected chi connectivity index (χ4v) is 2.24. The smallest absolute Gasteiger partial charge is 0.200 e. The number of nitrogens with zero attached hydrogens (tertiary/aromatic N) is 2. The van der Waals surface area contributed by atoms with E-state index in [0.717, 1.165) is 16.8 Å². The van der Waals surface area contributed by atoms with Crippen LogP contribution in [0.5, 0.6) is 5.75 Å². The fraction of sp³-hybridized carbons (Fsp3) is 0.333. The van der Waals surface area contributed by atoms with Gasteiger partial charge in [0.05, 0.1) is 24.4 Å². The first-order chi connectivity index (χ1) is 8.95. The number of aromatic nitrogens is 2. The number of ether oxygens (including phenoxy) is 1. The van der Waals surface area contributed by atoms with Crippen LogP contribution in [0.2, 0.25) is 0 Å². The van der Waals surface area contributed by atoms with Crippen LogP contribution in [0.4, 0.5) is 0 Å². The van der Waals surface area contributed by atoms with Crippen LogP contribution in [0.25, 0.3) is 0 Å². The minimum Gasteiger partial charge on any atom is -0.496 e. The Morgan fingerprint density at radius 3 is 2.47 bits per heavy atom. The van der Waals surface area contributed by atoms with Gasteiger partial charge in [0.25, 0.3) is 0 Å². The minimum absolute atomic E-state index is 0.0417. The Hall–Kier alpha value is -2.10. The number of hydrogen-bond acceptors (Lipinski definition) is 3. The number of carbonyl (C=O) groups excluding carboxylic acids is 1. The predicted molar refractivity (Wildman–Crippen MR) is 73.8 cm³/mol. The average Bonchev–Trinajstić information content (AvgIpc) is 2.68. The van der Waals surface area contributed by atoms with Gasteiger partial charge in [-0.05, 0) is 38.0 Å². The molecule has 0 radical (unpaired) electrons. The topological polar surface area (TPSA) is 44.1 Å². The zero-order chi connectivity index (χ0) is 14.2.